The van der Waals surface area contributed by atoms with E-state index in [0.29, 0.717) is 11.4 Å². The Balaban J connectivity index is 2.92. The van der Waals surface area contributed by atoms with Gasteiger partial charge in [0, 0.05) is 18.2 Å². The molecule has 0 amide bonds. The van der Waals surface area contributed by atoms with Crippen LogP contribution >= 0.6 is 11.6 Å². The van der Waals surface area contributed by atoms with Gasteiger partial charge >= 0.3 is 0 Å². The molecule has 0 bridgehead atoms. The third kappa shape index (κ3) is 4.44. The lowest BCUT2D eigenvalue weighted by Gasteiger charge is -2.36. The first kappa shape index (κ1) is 16.4. The normalized spacial score (nSPS) is 15.3. The molecule has 2 nitrogen and oxygen atoms in total. The van der Waals surface area contributed by atoms with Crippen molar-refractivity contribution in [3.8, 4) is 0 Å². The van der Waals surface area contributed by atoms with Crippen molar-refractivity contribution in [1.29, 1.82) is 0 Å². The van der Waals surface area contributed by atoms with Gasteiger partial charge in [-0.1, -0.05) is 38.4 Å². The molecule has 1 aromatic carbocycles. The molecule has 0 aliphatic heterocycles. The number of hydrogen-bond donors (Lipinski definition) is 1. The maximum absolute atomic E-state index is 13.1. The van der Waals surface area contributed by atoms with E-state index in [2.05, 4.69) is 26.1 Å². The third-order valence-corrected chi connectivity index (χ3v) is 3.65. The maximum Gasteiger partial charge on any atom is 0.124 e. The van der Waals surface area contributed by atoms with Crippen molar-refractivity contribution >= 4 is 11.6 Å². The molecule has 108 valence electrons. The van der Waals surface area contributed by atoms with Crippen molar-refractivity contribution in [2.24, 2.45) is 5.41 Å². The van der Waals surface area contributed by atoms with Crippen LogP contribution in [0.15, 0.2) is 18.2 Å². The summed E-state index contributed by atoms with van der Waals surface area (Å²) in [6.07, 6.45) is 0.740. The number of hydrogen-bond acceptors (Lipinski definition) is 2. The molecule has 2 atom stereocenters. The van der Waals surface area contributed by atoms with Gasteiger partial charge in [-0.3, -0.25) is 0 Å². The Morgan fingerprint density at radius 2 is 2.00 bits per heavy atom. The quantitative estimate of drug-likeness (QED) is 0.892. The van der Waals surface area contributed by atoms with Crippen molar-refractivity contribution in [3.05, 3.63) is 34.6 Å². The number of ether oxygens (including phenoxy) is 1. The van der Waals surface area contributed by atoms with E-state index in [1.165, 1.54) is 12.1 Å². The molecule has 0 aliphatic carbocycles. The lowest BCUT2D eigenvalue weighted by Crippen LogP contribution is -2.47. The second-order valence-corrected chi connectivity index (χ2v) is 6.26. The Morgan fingerprint density at radius 3 is 2.42 bits per heavy atom. The molecule has 0 spiro atoms. The van der Waals surface area contributed by atoms with E-state index in [-0.39, 0.29) is 23.4 Å². The molecular weight excluding hydrogens is 265 g/mol. The summed E-state index contributed by atoms with van der Waals surface area (Å²) in [4.78, 5) is 0. The van der Waals surface area contributed by atoms with Crippen molar-refractivity contribution in [2.75, 3.05) is 14.2 Å². The highest BCUT2D eigenvalue weighted by atomic mass is 35.5. The van der Waals surface area contributed by atoms with Gasteiger partial charge < -0.3 is 10.1 Å². The van der Waals surface area contributed by atoms with Crippen LogP contribution in [0.25, 0.3) is 0 Å². The number of rotatable bonds is 5. The zero-order chi connectivity index (χ0) is 14.6. The fraction of sp³-hybridized carbons (Fsp3) is 0.600. The van der Waals surface area contributed by atoms with Crippen LogP contribution in [0.2, 0.25) is 5.02 Å². The Hall–Kier alpha value is -0.640. The molecule has 19 heavy (non-hydrogen) atoms. The van der Waals surface area contributed by atoms with E-state index in [1.807, 2.05) is 7.05 Å². The lowest BCUT2D eigenvalue weighted by molar-refractivity contribution is -0.00921. The second-order valence-electron chi connectivity index (χ2n) is 5.86. The van der Waals surface area contributed by atoms with Crippen LogP contribution in [-0.4, -0.2) is 26.3 Å². The van der Waals surface area contributed by atoms with Gasteiger partial charge in [-0.2, -0.15) is 0 Å². The van der Waals surface area contributed by atoms with Crippen LogP contribution in [0.5, 0.6) is 0 Å². The van der Waals surface area contributed by atoms with E-state index in [4.69, 9.17) is 16.3 Å². The molecule has 0 heterocycles. The topological polar surface area (TPSA) is 21.3 Å². The van der Waals surface area contributed by atoms with Crippen molar-refractivity contribution in [1.82, 2.24) is 5.32 Å². The Labute approximate surface area is 120 Å². The molecular formula is C15H23ClFNO. The van der Waals surface area contributed by atoms with E-state index >= 15 is 0 Å². The monoisotopic (exact) mass is 287 g/mol. The first-order valence-corrected chi connectivity index (χ1v) is 6.81. The first-order chi connectivity index (χ1) is 8.79. The molecule has 0 aliphatic rings. The third-order valence-electron chi connectivity index (χ3n) is 3.30. The highest BCUT2D eigenvalue weighted by Crippen LogP contribution is 2.27. The van der Waals surface area contributed by atoms with Crippen molar-refractivity contribution < 1.29 is 9.13 Å². The number of methoxy groups -OCH3 is 1. The van der Waals surface area contributed by atoms with Crippen LogP contribution in [0.1, 0.15) is 26.3 Å². The Bertz CT molecular complexity index is 417. The summed E-state index contributed by atoms with van der Waals surface area (Å²) in [5.74, 6) is -0.311. The number of benzene rings is 1. The van der Waals surface area contributed by atoms with Crippen LogP contribution in [0.3, 0.4) is 0 Å². The summed E-state index contributed by atoms with van der Waals surface area (Å²) in [6, 6.07) is 4.64. The summed E-state index contributed by atoms with van der Waals surface area (Å²) in [5, 5.41) is 3.73. The van der Waals surface area contributed by atoms with E-state index in [1.54, 1.807) is 13.2 Å². The van der Waals surface area contributed by atoms with Crippen LogP contribution in [0, 0.1) is 11.2 Å². The van der Waals surface area contributed by atoms with Gasteiger partial charge in [0.05, 0.1) is 6.10 Å². The van der Waals surface area contributed by atoms with Gasteiger partial charge in [0.2, 0.25) is 0 Å². The molecule has 1 N–H and O–H groups in total. The number of likely N-dealkylation sites (N-methyl/N-ethyl adjacent to an activating group) is 1. The van der Waals surface area contributed by atoms with E-state index in [9.17, 15) is 4.39 Å². The van der Waals surface area contributed by atoms with Crippen LogP contribution < -0.4 is 5.32 Å². The highest BCUT2D eigenvalue weighted by Gasteiger charge is 2.31. The van der Waals surface area contributed by atoms with Gasteiger partial charge in [0.25, 0.3) is 0 Å². The van der Waals surface area contributed by atoms with E-state index < -0.39 is 0 Å². The fourth-order valence-corrected chi connectivity index (χ4v) is 2.65. The van der Waals surface area contributed by atoms with Gasteiger partial charge in [-0.15, -0.1) is 0 Å². The minimum Gasteiger partial charge on any atom is -0.379 e. The van der Waals surface area contributed by atoms with Crippen LogP contribution in [0.4, 0.5) is 4.39 Å². The molecule has 0 saturated carbocycles. The minimum atomic E-state index is -0.311. The Kier molecular flexibility index (Phi) is 5.78. The average molecular weight is 288 g/mol. The molecule has 4 heteroatoms. The molecule has 0 saturated heterocycles. The lowest BCUT2D eigenvalue weighted by atomic mass is 9.82. The first-order valence-electron chi connectivity index (χ1n) is 6.43. The Morgan fingerprint density at radius 1 is 1.37 bits per heavy atom. The smallest absolute Gasteiger partial charge is 0.124 e. The van der Waals surface area contributed by atoms with Crippen molar-refractivity contribution in [2.45, 2.75) is 39.3 Å². The summed E-state index contributed by atoms with van der Waals surface area (Å²) >= 11 is 6.08. The largest absolute Gasteiger partial charge is 0.379 e. The molecule has 0 aromatic heterocycles. The SMILES string of the molecule is CNC(Cc1ccc(F)cc1Cl)C(OC)C(C)(C)C. The summed E-state index contributed by atoms with van der Waals surface area (Å²) < 4.78 is 18.7. The molecule has 2 unspecified atom stereocenters. The number of nitrogens with one attached hydrogen (secondary N) is 1. The van der Waals surface area contributed by atoms with Crippen LogP contribution in [-0.2, 0) is 11.2 Å². The molecule has 0 radical (unpaired) electrons. The van der Waals surface area contributed by atoms with Gasteiger partial charge in [-0.05, 0) is 36.6 Å². The summed E-state index contributed by atoms with van der Waals surface area (Å²) in [6.45, 7) is 6.41. The van der Waals surface area contributed by atoms with Gasteiger partial charge in [0.15, 0.2) is 0 Å². The molecule has 1 aromatic rings. The maximum atomic E-state index is 13.1. The zero-order valence-electron chi connectivity index (χ0n) is 12.3. The van der Waals surface area contributed by atoms with E-state index in [0.717, 1.165) is 5.56 Å². The standard InChI is InChI=1S/C15H23ClFNO/c1-15(2,3)14(19-5)13(18-4)8-10-6-7-11(17)9-12(10)16/h6-7,9,13-14,18H,8H2,1-5H3. The predicted octanol–water partition coefficient (Wildman–Crippen LogP) is 3.67. The zero-order valence-corrected chi connectivity index (χ0v) is 13.0. The molecule has 0 fully saturated rings. The van der Waals surface area contributed by atoms with Gasteiger partial charge in [-0.25, -0.2) is 4.39 Å². The van der Waals surface area contributed by atoms with Gasteiger partial charge in [0.1, 0.15) is 5.82 Å². The minimum absolute atomic E-state index is 0.00886. The average Bonchev–Trinajstić information content (AvgIpc) is 2.30. The fourth-order valence-electron chi connectivity index (χ4n) is 2.41. The second kappa shape index (κ2) is 6.69. The number of halogens is 2. The summed E-state index contributed by atoms with van der Waals surface area (Å²) in [7, 11) is 3.62. The molecule has 1 rings (SSSR count). The predicted molar refractivity (Wildman–Crippen MR) is 78.2 cm³/mol. The van der Waals surface area contributed by atoms with Crippen molar-refractivity contribution in [3.63, 3.8) is 0 Å². The summed E-state index contributed by atoms with van der Waals surface area (Å²) in [5.41, 5.74) is 0.934. The highest BCUT2D eigenvalue weighted by molar-refractivity contribution is 6.31.